The Hall–Kier alpha value is -15.5. The molecule has 0 atom stereocenters. The molecule has 132 heavy (non-hydrogen) atoms. The summed E-state index contributed by atoms with van der Waals surface area (Å²) in [5.41, 5.74) is 41.9. The molecule has 0 aliphatic heterocycles. The Labute approximate surface area is 779 Å². The van der Waals surface area contributed by atoms with E-state index in [4.69, 9.17) is 0 Å². The molecule has 28 rings (SSSR count). The molecule has 22 aromatic rings. The van der Waals surface area contributed by atoms with Gasteiger partial charge in [-0.2, -0.15) is 0 Å². The Bertz CT molecular complexity index is 8440. The summed E-state index contributed by atoms with van der Waals surface area (Å²) in [5, 5.41) is 19.6. The smallest absolute Gasteiger partial charge is 0.0726 e. The molecule has 0 saturated heterocycles. The van der Waals surface area contributed by atoms with Gasteiger partial charge in [-0.05, 0) is 317 Å². The van der Waals surface area contributed by atoms with E-state index >= 15 is 0 Å². The summed E-state index contributed by atoms with van der Waals surface area (Å²) in [4.78, 5) is 2.50. The molecule has 3 heteroatoms. The molecular weight excluding hydrogens is 1660 g/mol. The molecule has 0 saturated carbocycles. The van der Waals surface area contributed by atoms with Gasteiger partial charge < -0.3 is 10.2 Å². The van der Waals surface area contributed by atoms with Gasteiger partial charge in [0, 0.05) is 43.7 Å². The van der Waals surface area contributed by atoms with Crippen LogP contribution in [0, 0.1) is 0 Å². The molecule has 0 aromatic heterocycles. The van der Waals surface area contributed by atoms with Gasteiger partial charge in [-0.25, -0.2) is 0 Å². The van der Waals surface area contributed by atoms with E-state index in [9.17, 15) is 0 Å². The Morgan fingerprint density at radius 1 is 0.182 bits per heavy atom. The summed E-state index contributed by atoms with van der Waals surface area (Å²) in [6, 6.07) is 167. The molecule has 6 aliphatic rings. The van der Waals surface area contributed by atoms with E-state index in [0.717, 1.165) is 32.9 Å². The second-order valence-corrected chi connectivity index (χ2v) is 38.2. The van der Waals surface area contributed by atoms with Crippen LogP contribution in [0.2, 0.25) is 0 Å². The average molecular weight is 1750 g/mol. The summed E-state index contributed by atoms with van der Waals surface area (Å²) in [6.07, 6.45) is 0. The van der Waals surface area contributed by atoms with Crippen molar-refractivity contribution in [3.8, 4) is 89.0 Å². The zero-order chi connectivity index (χ0) is 87.2. The molecule has 0 fully saturated rings. The largest absolute Gasteiger partial charge is 0.356 e. The van der Waals surface area contributed by atoms with Gasteiger partial charge in [0.1, 0.15) is 0 Å². The molecule has 0 radical (unpaired) electrons. The molecule has 2 spiro atoms. The summed E-state index contributed by atoms with van der Waals surface area (Å²) < 4.78 is 1.15. The summed E-state index contributed by atoms with van der Waals surface area (Å²) >= 11 is 3.67. The quantitative estimate of drug-likeness (QED) is 0.160. The highest BCUT2D eigenvalue weighted by Crippen LogP contribution is 2.66. The predicted molar refractivity (Wildman–Crippen MR) is 562 cm³/mol. The van der Waals surface area contributed by atoms with Crippen LogP contribution in [0.25, 0.3) is 154 Å². The number of benzene rings is 22. The summed E-state index contributed by atoms with van der Waals surface area (Å²) in [7, 11) is 0. The number of nitrogens with one attached hydrogen (secondary N) is 1. The molecule has 22 aromatic carbocycles. The molecule has 6 aliphatic carbocycles. The fourth-order valence-corrected chi connectivity index (χ4v) is 24.5. The van der Waals surface area contributed by atoms with E-state index in [-0.39, 0.29) is 23.7 Å². The second kappa shape index (κ2) is 30.0. The maximum absolute atomic E-state index is 3.69. The predicted octanol–water partition coefficient (Wildman–Crippen LogP) is 35.2. The fourth-order valence-electron chi connectivity index (χ4n) is 24.2. The highest BCUT2D eigenvalue weighted by atomic mass is 79.9. The minimum atomic E-state index is -0.435. The number of hydrogen-bond donors (Lipinski definition) is 1. The van der Waals surface area contributed by atoms with Crippen molar-refractivity contribution < 1.29 is 0 Å². The Morgan fingerprint density at radius 3 is 0.811 bits per heavy atom. The van der Waals surface area contributed by atoms with Crippen LogP contribution in [0.4, 0.5) is 28.4 Å². The maximum Gasteiger partial charge on any atom is 0.0726 e. The van der Waals surface area contributed by atoms with E-state index < -0.39 is 5.41 Å². The van der Waals surface area contributed by atoms with E-state index in [0.29, 0.717) is 0 Å². The molecule has 2 nitrogen and oxygen atoms in total. The SMILES string of the molecule is C.CC1(C)c2cc(Br)ccc2-c2cc3c4ccccc4c4ccccc4c3cc21.CC1(C)c2cc(N(c3ccc(-c4ccccc4)cc3)c3ccc4c(c3)C3(c5ccccc5-c5ccccc53)c3ccccc3-4)ccc2-c2cc3c4ccccc4c4ccccc4c3cc21.c1ccc(-c2ccc(Nc3ccc4c(c3)C3(c5ccccc5-c5ccccc53)c3ccccc3-4)cc2)cc1. The number of hydrogen-bond acceptors (Lipinski definition) is 2. The normalized spacial score (nSPS) is 14.0. The molecular formula is C129H91BrN2. The van der Waals surface area contributed by atoms with Crippen molar-refractivity contribution >= 4 is 109 Å². The fraction of sp³-hybridized carbons (Fsp3) is 0.0698. The molecule has 0 heterocycles. The minimum absolute atomic E-state index is 0. The van der Waals surface area contributed by atoms with Crippen LogP contribution in [-0.4, -0.2) is 0 Å². The van der Waals surface area contributed by atoms with E-state index in [1.165, 1.54) is 220 Å². The van der Waals surface area contributed by atoms with Crippen LogP contribution in [0.1, 0.15) is 102 Å². The Morgan fingerprint density at radius 2 is 0.432 bits per heavy atom. The number of rotatable bonds is 7. The van der Waals surface area contributed by atoms with Gasteiger partial charge in [-0.1, -0.05) is 403 Å². The number of nitrogens with zero attached hydrogens (tertiary/aromatic N) is 1. The van der Waals surface area contributed by atoms with Crippen LogP contribution in [0.3, 0.4) is 0 Å². The van der Waals surface area contributed by atoms with Crippen molar-refractivity contribution in [1.82, 2.24) is 0 Å². The van der Waals surface area contributed by atoms with Gasteiger partial charge in [0.05, 0.1) is 10.8 Å². The van der Waals surface area contributed by atoms with Crippen LogP contribution in [0.15, 0.2) is 453 Å². The summed E-state index contributed by atoms with van der Waals surface area (Å²) in [5.74, 6) is 0. The van der Waals surface area contributed by atoms with E-state index in [1.807, 2.05) is 0 Å². The lowest BCUT2D eigenvalue weighted by atomic mass is 9.70. The molecule has 0 bridgehead atoms. The van der Waals surface area contributed by atoms with Crippen molar-refractivity contribution in [2.24, 2.45) is 0 Å². The van der Waals surface area contributed by atoms with Crippen molar-refractivity contribution in [2.75, 3.05) is 10.2 Å². The Kier molecular flexibility index (Phi) is 17.9. The van der Waals surface area contributed by atoms with Gasteiger partial charge in [-0.3, -0.25) is 0 Å². The third-order valence-corrected chi connectivity index (χ3v) is 30.5. The standard InChI is InChI=1S/C64H43N.C37H25N.C27H19Br.CH4/c1-63(2)60-36-43(33-35-53(60)56-38-54-47-20-8-6-18-45(47)46-19-7-9-21-48(46)55(54)39-61(56)63)65(42-30-28-41(29-31-42)40-16-4-3-5-17-40)44-32-34-52-51-24-12-15-27-59(51)64(62(52)37-44)57-25-13-10-22-49(57)50-23-11-14-26-58(50)64;1-2-10-25(11-3-1)26-18-20-27(21-19-26)38-28-22-23-32-31-14-6-9-17-35(31)37(36(32)24-28)33-15-7-4-12-29(33)30-13-5-8-16-34(30)37;1-27(2)25-13-16(28)11-12-21(25)24-14-22-19-9-5-3-7-17(19)18-8-4-6-10-20(18)23(22)15-26(24)27;/h3-39H,1-2H3;1-24,38H;3-15H,1-2H3;1H4. The molecule has 1 N–H and O–H groups in total. The topological polar surface area (TPSA) is 15.3 Å². The average Bonchev–Trinajstić information content (AvgIpc) is 1.51. The lowest BCUT2D eigenvalue weighted by Gasteiger charge is -2.32. The first-order valence-corrected chi connectivity index (χ1v) is 46.7. The second-order valence-electron chi connectivity index (χ2n) is 37.3. The van der Waals surface area contributed by atoms with Crippen LogP contribution in [0.5, 0.6) is 0 Å². The van der Waals surface area contributed by atoms with Gasteiger partial charge in [-0.15, -0.1) is 0 Å². The third kappa shape index (κ3) is 11.5. The van der Waals surface area contributed by atoms with Gasteiger partial charge in [0.15, 0.2) is 0 Å². The molecule has 0 unspecified atom stereocenters. The molecule has 624 valence electrons. The number of anilines is 5. The Balaban J connectivity index is 0.000000118. The van der Waals surface area contributed by atoms with E-state index in [2.05, 4.69) is 503 Å². The van der Waals surface area contributed by atoms with Crippen LogP contribution < -0.4 is 10.2 Å². The zero-order valence-electron chi connectivity index (χ0n) is 73.0. The lowest BCUT2D eigenvalue weighted by Crippen LogP contribution is -2.26. The van der Waals surface area contributed by atoms with Crippen molar-refractivity contribution in [3.63, 3.8) is 0 Å². The van der Waals surface area contributed by atoms with Gasteiger partial charge >= 0.3 is 0 Å². The first kappa shape index (κ1) is 78.7. The minimum Gasteiger partial charge on any atom is -0.356 e. The van der Waals surface area contributed by atoms with Crippen LogP contribution in [-0.2, 0) is 21.7 Å². The zero-order valence-corrected chi connectivity index (χ0v) is 74.6. The van der Waals surface area contributed by atoms with E-state index in [1.54, 1.807) is 0 Å². The first-order valence-electron chi connectivity index (χ1n) is 45.9. The highest BCUT2D eigenvalue weighted by Gasteiger charge is 2.54. The van der Waals surface area contributed by atoms with Gasteiger partial charge in [0.2, 0.25) is 0 Å². The lowest BCUT2D eigenvalue weighted by molar-refractivity contribution is 0.661. The van der Waals surface area contributed by atoms with Crippen LogP contribution >= 0.6 is 15.9 Å². The van der Waals surface area contributed by atoms with Gasteiger partial charge in [0.25, 0.3) is 0 Å². The highest BCUT2D eigenvalue weighted by molar-refractivity contribution is 9.10. The third-order valence-electron chi connectivity index (χ3n) is 30.0. The van der Waals surface area contributed by atoms with Crippen molar-refractivity contribution in [2.45, 2.75) is 56.8 Å². The van der Waals surface area contributed by atoms with Crippen molar-refractivity contribution in [1.29, 1.82) is 0 Å². The number of fused-ring (bicyclic) bond motifs is 38. The summed E-state index contributed by atoms with van der Waals surface area (Å²) in [6.45, 7) is 9.53. The van der Waals surface area contributed by atoms with Crippen molar-refractivity contribution in [3.05, 3.63) is 520 Å². The maximum atomic E-state index is 3.69. The number of halogens is 1. The molecule has 0 amide bonds. The monoisotopic (exact) mass is 1750 g/mol. The first-order chi connectivity index (χ1) is 64.4.